The van der Waals surface area contributed by atoms with E-state index in [1.165, 1.54) is 5.56 Å². The van der Waals surface area contributed by atoms with Crippen molar-refractivity contribution >= 4 is 0 Å². The summed E-state index contributed by atoms with van der Waals surface area (Å²) in [5, 5.41) is 11.1. The second kappa shape index (κ2) is 6.59. The van der Waals surface area contributed by atoms with Crippen molar-refractivity contribution in [1.29, 1.82) is 0 Å². The molecule has 2 unspecified atom stereocenters. The highest BCUT2D eigenvalue weighted by atomic mass is 16.5. The number of ether oxygens (including phenoxy) is 1. The first-order valence-electron chi connectivity index (χ1n) is 8.54. The lowest BCUT2D eigenvalue weighted by molar-refractivity contribution is -0.0831. The van der Waals surface area contributed by atoms with Crippen molar-refractivity contribution in [2.75, 3.05) is 13.1 Å². The van der Waals surface area contributed by atoms with Crippen LogP contribution < -0.4 is 4.74 Å². The molecule has 0 amide bonds. The van der Waals surface area contributed by atoms with Crippen LogP contribution in [-0.2, 0) is 0 Å². The maximum absolute atomic E-state index is 11.1. The number of benzene rings is 1. The normalized spacial score (nSPS) is 23.3. The smallest absolute Gasteiger partial charge is 0.128 e. The van der Waals surface area contributed by atoms with Crippen LogP contribution in [0.5, 0.6) is 5.75 Å². The number of aryl methyl sites for hydroxylation is 2. The zero-order valence-corrected chi connectivity index (χ0v) is 14.9. The lowest BCUT2D eigenvalue weighted by Crippen LogP contribution is -2.58. The van der Waals surface area contributed by atoms with Gasteiger partial charge in [-0.3, -0.25) is 4.90 Å². The van der Waals surface area contributed by atoms with E-state index in [1.54, 1.807) is 0 Å². The first kappa shape index (κ1) is 17.3. The summed E-state index contributed by atoms with van der Waals surface area (Å²) in [7, 11) is 0. The van der Waals surface area contributed by atoms with Crippen molar-refractivity contribution in [1.82, 2.24) is 4.90 Å². The molecule has 1 heterocycles. The fourth-order valence-electron chi connectivity index (χ4n) is 3.82. The first-order valence-corrected chi connectivity index (χ1v) is 8.54. The third-order valence-corrected chi connectivity index (χ3v) is 4.56. The van der Waals surface area contributed by atoms with Crippen LogP contribution in [0.1, 0.15) is 63.3 Å². The van der Waals surface area contributed by atoms with E-state index in [9.17, 15) is 5.11 Å². The maximum atomic E-state index is 11.1. The molecule has 0 saturated heterocycles. The van der Waals surface area contributed by atoms with Gasteiger partial charge in [0.1, 0.15) is 17.5 Å². The van der Waals surface area contributed by atoms with Gasteiger partial charge in [-0.1, -0.05) is 25.5 Å². The van der Waals surface area contributed by atoms with E-state index in [0.717, 1.165) is 42.8 Å². The highest BCUT2D eigenvalue weighted by Crippen LogP contribution is 2.44. The van der Waals surface area contributed by atoms with E-state index in [-0.39, 0.29) is 6.04 Å². The molecule has 3 nitrogen and oxygen atoms in total. The summed E-state index contributed by atoms with van der Waals surface area (Å²) in [5.74, 6) is 0.868. The SMILES string of the molecule is CCCN(CCC)C1C(O)c2cc(C)cc(C)c2OC1(C)C. The Bertz CT molecular complexity index is 518. The lowest BCUT2D eigenvalue weighted by atomic mass is 9.83. The molecule has 1 aromatic rings. The molecule has 22 heavy (non-hydrogen) atoms. The van der Waals surface area contributed by atoms with Gasteiger partial charge in [0.05, 0.1) is 6.04 Å². The van der Waals surface area contributed by atoms with Crippen molar-refractivity contribution in [3.63, 3.8) is 0 Å². The van der Waals surface area contributed by atoms with E-state index in [2.05, 4.69) is 58.6 Å². The molecule has 1 aliphatic rings. The van der Waals surface area contributed by atoms with Crippen LogP contribution >= 0.6 is 0 Å². The Labute approximate surface area is 135 Å². The summed E-state index contributed by atoms with van der Waals surface area (Å²) in [6.45, 7) is 14.7. The Balaban J connectivity index is 2.46. The first-order chi connectivity index (χ1) is 10.3. The van der Waals surface area contributed by atoms with Gasteiger partial charge in [0.2, 0.25) is 0 Å². The van der Waals surface area contributed by atoms with E-state index in [0.29, 0.717) is 0 Å². The van der Waals surface area contributed by atoms with Gasteiger partial charge in [0, 0.05) is 5.56 Å². The average molecular weight is 305 g/mol. The topological polar surface area (TPSA) is 32.7 Å². The monoisotopic (exact) mass is 305 g/mol. The third-order valence-electron chi connectivity index (χ3n) is 4.56. The average Bonchev–Trinajstić information content (AvgIpc) is 2.40. The highest BCUT2D eigenvalue weighted by molar-refractivity contribution is 5.48. The molecule has 0 bridgehead atoms. The zero-order valence-electron chi connectivity index (χ0n) is 14.9. The Morgan fingerprint density at radius 1 is 1.14 bits per heavy atom. The molecule has 2 atom stereocenters. The molecule has 1 aromatic carbocycles. The van der Waals surface area contributed by atoms with Gasteiger partial charge in [0.25, 0.3) is 0 Å². The minimum absolute atomic E-state index is 0.0129. The van der Waals surface area contributed by atoms with Gasteiger partial charge in [-0.25, -0.2) is 0 Å². The van der Waals surface area contributed by atoms with Crippen molar-refractivity contribution in [3.05, 3.63) is 28.8 Å². The summed E-state index contributed by atoms with van der Waals surface area (Å²) in [6, 6.07) is 4.18. The predicted octanol–water partition coefficient (Wildman–Crippen LogP) is 4.00. The third kappa shape index (κ3) is 3.16. The number of hydrogen-bond donors (Lipinski definition) is 1. The molecule has 0 radical (unpaired) electrons. The Morgan fingerprint density at radius 3 is 2.27 bits per heavy atom. The molecule has 124 valence electrons. The Morgan fingerprint density at radius 2 is 1.73 bits per heavy atom. The van der Waals surface area contributed by atoms with Gasteiger partial charge in [-0.2, -0.15) is 0 Å². The summed E-state index contributed by atoms with van der Waals surface area (Å²) in [5.41, 5.74) is 2.82. The number of rotatable bonds is 5. The lowest BCUT2D eigenvalue weighted by Gasteiger charge is -2.48. The minimum atomic E-state index is -0.504. The molecule has 2 rings (SSSR count). The zero-order chi connectivity index (χ0) is 16.5. The summed E-state index contributed by atoms with van der Waals surface area (Å²) < 4.78 is 6.36. The standard InChI is InChI=1S/C19H31NO2/c1-7-9-20(10-8-2)18-16(21)15-12-13(3)11-14(4)17(15)22-19(18,5)6/h11-12,16,18,21H,7-10H2,1-6H3. The molecule has 0 fully saturated rings. The number of aliphatic hydroxyl groups is 1. The Hall–Kier alpha value is -1.06. The molecule has 1 N–H and O–H groups in total. The molecule has 3 heteroatoms. The van der Waals surface area contributed by atoms with Crippen LogP contribution in [-0.4, -0.2) is 34.7 Å². The van der Waals surface area contributed by atoms with Crippen molar-refractivity contribution in [2.24, 2.45) is 0 Å². The van der Waals surface area contributed by atoms with E-state index < -0.39 is 11.7 Å². The van der Waals surface area contributed by atoms with E-state index >= 15 is 0 Å². The Kier molecular flexibility index (Phi) is 5.18. The molecule has 0 aliphatic carbocycles. The second-order valence-corrected chi connectivity index (χ2v) is 7.13. The number of fused-ring (bicyclic) bond motifs is 1. The quantitative estimate of drug-likeness (QED) is 0.892. The molecule has 0 spiro atoms. The van der Waals surface area contributed by atoms with E-state index in [1.807, 2.05) is 0 Å². The summed E-state index contributed by atoms with van der Waals surface area (Å²) in [4.78, 5) is 2.39. The van der Waals surface area contributed by atoms with Gasteiger partial charge in [-0.15, -0.1) is 0 Å². The molecule has 0 aromatic heterocycles. The number of hydrogen-bond acceptors (Lipinski definition) is 3. The fourth-order valence-corrected chi connectivity index (χ4v) is 3.82. The predicted molar refractivity (Wildman–Crippen MR) is 91.5 cm³/mol. The molecular weight excluding hydrogens is 274 g/mol. The van der Waals surface area contributed by atoms with Crippen LogP contribution in [0.3, 0.4) is 0 Å². The van der Waals surface area contributed by atoms with Crippen molar-refractivity contribution in [2.45, 2.75) is 72.1 Å². The number of aliphatic hydroxyl groups excluding tert-OH is 1. The molecule has 0 saturated carbocycles. The minimum Gasteiger partial charge on any atom is -0.485 e. The van der Waals surface area contributed by atoms with Crippen molar-refractivity contribution < 1.29 is 9.84 Å². The van der Waals surface area contributed by atoms with Crippen LogP contribution in [0.25, 0.3) is 0 Å². The maximum Gasteiger partial charge on any atom is 0.128 e. The van der Waals surface area contributed by atoms with Crippen LogP contribution in [0.15, 0.2) is 12.1 Å². The highest BCUT2D eigenvalue weighted by Gasteiger charge is 2.46. The van der Waals surface area contributed by atoms with Crippen molar-refractivity contribution in [3.8, 4) is 5.75 Å². The second-order valence-electron chi connectivity index (χ2n) is 7.13. The molecular formula is C19H31NO2. The van der Waals surface area contributed by atoms with Gasteiger partial charge in [-0.05, 0) is 65.3 Å². The number of nitrogens with zero attached hydrogens (tertiary/aromatic N) is 1. The van der Waals surface area contributed by atoms with Gasteiger partial charge >= 0.3 is 0 Å². The van der Waals surface area contributed by atoms with Crippen LogP contribution in [0, 0.1) is 13.8 Å². The molecule has 1 aliphatic heterocycles. The summed E-state index contributed by atoms with van der Waals surface area (Å²) in [6.07, 6.45) is 1.66. The van der Waals surface area contributed by atoms with Gasteiger partial charge in [0.15, 0.2) is 0 Å². The fraction of sp³-hybridized carbons (Fsp3) is 0.684. The summed E-state index contributed by atoms with van der Waals surface area (Å²) >= 11 is 0. The van der Waals surface area contributed by atoms with Gasteiger partial charge < -0.3 is 9.84 Å². The van der Waals surface area contributed by atoms with E-state index in [4.69, 9.17) is 4.74 Å². The largest absolute Gasteiger partial charge is 0.485 e. The van der Waals surface area contributed by atoms with Crippen LogP contribution in [0.2, 0.25) is 0 Å². The van der Waals surface area contributed by atoms with Crippen LogP contribution in [0.4, 0.5) is 0 Å².